The Morgan fingerprint density at radius 2 is 2.00 bits per heavy atom. The van der Waals surface area contributed by atoms with Crippen LogP contribution in [0.1, 0.15) is 19.8 Å². The molecule has 0 atom stereocenters. The third-order valence-corrected chi connectivity index (χ3v) is 4.14. The predicted molar refractivity (Wildman–Crippen MR) is 74.9 cm³/mol. The summed E-state index contributed by atoms with van der Waals surface area (Å²) in [5.74, 6) is -0.229. The molecule has 0 bridgehead atoms. The van der Waals surface area contributed by atoms with Crippen LogP contribution in [0, 0.1) is 5.92 Å². The van der Waals surface area contributed by atoms with Gasteiger partial charge in [0, 0.05) is 18.5 Å². The zero-order valence-electron chi connectivity index (χ0n) is 10.4. The van der Waals surface area contributed by atoms with Crippen molar-refractivity contribution in [1.82, 2.24) is 4.98 Å². The lowest BCUT2D eigenvalue weighted by atomic mass is 9.98. The van der Waals surface area contributed by atoms with Gasteiger partial charge in [-0.2, -0.15) is 0 Å². The number of thiazole rings is 1. The van der Waals surface area contributed by atoms with Crippen molar-refractivity contribution in [2.24, 2.45) is 5.92 Å². The minimum atomic E-state index is -0.171. The molecule has 0 spiro atoms. The van der Waals surface area contributed by atoms with Gasteiger partial charge in [0.15, 0.2) is 5.13 Å². The first-order valence-corrected chi connectivity index (χ1v) is 6.88. The molecule has 0 radical (unpaired) electrons. The van der Waals surface area contributed by atoms with E-state index in [0.717, 1.165) is 10.2 Å². The van der Waals surface area contributed by atoms with Crippen molar-refractivity contribution in [3.8, 4) is 0 Å². The van der Waals surface area contributed by atoms with Gasteiger partial charge in [-0.25, -0.2) is 9.88 Å². The van der Waals surface area contributed by atoms with Crippen LogP contribution in [-0.4, -0.2) is 16.8 Å². The maximum atomic E-state index is 12.0. The first-order chi connectivity index (χ1) is 9.04. The summed E-state index contributed by atoms with van der Waals surface area (Å²) in [5.41, 5.74) is 7.12. The Hall–Kier alpha value is -1.95. The van der Waals surface area contributed by atoms with Crippen molar-refractivity contribution < 1.29 is 9.59 Å². The van der Waals surface area contributed by atoms with E-state index in [1.165, 1.54) is 16.2 Å². The average Bonchev–Trinajstić information content (AvgIpc) is 2.69. The average molecular weight is 275 g/mol. The van der Waals surface area contributed by atoms with Gasteiger partial charge in [-0.05, 0) is 24.1 Å². The fourth-order valence-corrected chi connectivity index (χ4v) is 3.28. The number of anilines is 2. The van der Waals surface area contributed by atoms with Crippen LogP contribution in [-0.2, 0) is 9.59 Å². The zero-order valence-corrected chi connectivity index (χ0v) is 11.2. The van der Waals surface area contributed by atoms with E-state index in [9.17, 15) is 9.59 Å². The van der Waals surface area contributed by atoms with E-state index >= 15 is 0 Å². The Bertz CT molecular complexity index is 662. The molecule has 98 valence electrons. The highest BCUT2D eigenvalue weighted by Gasteiger charge is 2.33. The number of hydrogen-bond acceptors (Lipinski definition) is 5. The Labute approximate surface area is 114 Å². The van der Waals surface area contributed by atoms with E-state index in [0.29, 0.717) is 23.7 Å². The Balaban J connectivity index is 2.03. The molecule has 0 aliphatic carbocycles. The molecule has 1 aromatic heterocycles. The van der Waals surface area contributed by atoms with Crippen LogP contribution >= 0.6 is 11.3 Å². The number of carbonyl (C=O) groups is 2. The highest BCUT2D eigenvalue weighted by atomic mass is 32.1. The zero-order chi connectivity index (χ0) is 13.6. The first kappa shape index (κ1) is 12.1. The van der Waals surface area contributed by atoms with Crippen LogP contribution in [0.5, 0.6) is 0 Å². The molecule has 19 heavy (non-hydrogen) atoms. The van der Waals surface area contributed by atoms with E-state index in [1.807, 2.05) is 6.92 Å². The fourth-order valence-electron chi connectivity index (χ4n) is 2.23. The number of imide groups is 1. The number of hydrogen-bond donors (Lipinski definition) is 1. The van der Waals surface area contributed by atoms with Crippen LogP contribution in [0.4, 0.5) is 10.8 Å². The highest BCUT2D eigenvalue weighted by molar-refractivity contribution is 7.22. The Morgan fingerprint density at radius 3 is 2.68 bits per heavy atom. The number of nitrogen functional groups attached to an aromatic ring is 1. The van der Waals surface area contributed by atoms with Crippen LogP contribution in [0.3, 0.4) is 0 Å². The molecule has 2 N–H and O–H groups in total. The molecule has 1 aliphatic rings. The molecule has 1 aromatic carbocycles. The summed E-state index contributed by atoms with van der Waals surface area (Å²) in [6, 6.07) is 5.36. The predicted octanol–water partition coefficient (Wildman–Crippen LogP) is 2.17. The van der Waals surface area contributed by atoms with Crippen LogP contribution in [0.2, 0.25) is 0 Å². The number of carbonyl (C=O) groups excluding carboxylic acids is 2. The number of benzene rings is 1. The third-order valence-electron chi connectivity index (χ3n) is 3.14. The maximum Gasteiger partial charge on any atom is 0.235 e. The molecule has 2 aromatic rings. The van der Waals surface area contributed by atoms with Gasteiger partial charge in [-0.3, -0.25) is 9.59 Å². The molecule has 2 amide bonds. The largest absolute Gasteiger partial charge is 0.399 e. The van der Waals surface area contributed by atoms with Crippen molar-refractivity contribution in [1.29, 1.82) is 0 Å². The second-order valence-corrected chi connectivity index (χ2v) is 5.87. The molecule has 6 heteroatoms. The van der Waals surface area contributed by atoms with Gasteiger partial charge in [-0.1, -0.05) is 18.3 Å². The number of piperidine rings is 1. The second-order valence-electron chi connectivity index (χ2n) is 4.86. The number of nitrogens with two attached hydrogens (primary N) is 1. The van der Waals surface area contributed by atoms with Gasteiger partial charge in [0.1, 0.15) is 0 Å². The normalized spacial score (nSPS) is 17.4. The van der Waals surface area contributed by atoms with Gasteiger partial charge in [0.05, 0.1) is 10.2 Å². The van der Waals surface area contributed by atoms with Crippen LogP contribution in [0.15, 0.2) is 18.2 Å². The topological polar surface area (TPSA) is 76.3 Å². The molecule has 1 fully saturated rings. The number of rotatable bonds is 1. The third kappa shape index (κ3) is 2.08. The fraction of sp³-hybridized carbons (Fsp3) is 0.308. The molecule has 1 saturated heterocycles. The van der Waals surface area contributed by atoms with E-state index in [1.54, 1.807) is 18.2 Å². The van der Waals surface area contributed by atoms with E-state index in [4.69, 9.17) is 5.73 Å². The number of nitrogens with zero attached hydrogens (tertiary/aromatic N) is 2. The summed E-state index contributed by atoms with van der Waals surface area (Å²) in [7, 11) is 0. The Morgan fingerprint density at radius 1 is 1.32 bits per heavy atom. The highest BCUT2D eigenvalue weighted by Crippen LogP contribution is 2.33. The lowest BCUT2D eigenvalue weighted by Crippen LogP contribution is -2.42. The standard InChI is InChI=1S/C13H13N3O2S/c1-7-4-11(17)16(12(18)5-7)13-15-9-3-2-8(14)6-10(9)19-13/h2-3,6-7H,4-5,14H2,1H3. The second kappa shape index (κ2) is 4.31. The maximum absolute atomic E-state index is 12.0. The van der Waals surface area contributed by atoms with Crippen molar-refractivity contribution in [2.75, 3.05) is 10.6 Å². The minimum absolute atomic E-state index is 0.112. The number of amides is 2. The molecule has 3 rings (SSSR count). The smallest absolute Gasteiger partial charge is 0.235 e. The van der Waals surface area contributed by atoms with Gasteiger partial charge in [0.2, 0.25) is 11.8 Å². The van der Waals surface area contributed by atoms with Crippen LogP contribution < -0.4 is 10.6 Å². The summed E-state index contributed by atoms with van der Waals surface area (Å²) < 4.78 is 0.884. The molecule has 1 aliphatic heterocycles. The summed E-state index contributed by atoms with van der Waals surface area (Å²) in [6.07, 6.45) is 0.785. The summed E-state index contributed by atoms with van der Waals surface area (Å²) in [5, 5.41) is 0.447. The van der Waals surface area contributed by atoms with Crippen molar-refractivity contribution in [3.05, 3.63) is 18.2 Å². The van der Waals surface area contributed by atoms with Gasteiger partial charge in [-0.15, -0.1) is 0 Å². The molecule has 0 saturated carbocycles. The van der Waals surface area contributed by atoms with Crippen molar-refractivity contribution in [3.63, 3.8) is 0 Å². The molecule has 5 nitrogen and oxygen atoms in total. The summed E-state index contributed by atoms with van der Waals surface area (Å²) >= 11 is 1.32. The molecule has 2 heterocycles. The number of aromatic nitrogens is 1. The van der Waals surface area contributed by atoms with E-state index in [-0.39, 0.29) is 17.7 Å². The van der Waals surface area contributed by atoms with Gasteiger partial charge < -0.3 is 5.73 Å². The number of fused-ring (bicyclic) bond motifs is 1. The van der Waals surface area contributed by atoms with Crippen molar-refractivity contribution >= 4 is 44.2 Å². The molecular weight excluding hydrogens is 262 g/mol. The van der Waals surface area contributed by atoms with Gasteiger partial charge in [0.25, 0.3) is 0 Å². The SMILES string of the molecule is CC1CC(=O)N(c2nc3ccc(N)cc3s2)C(=O)C1. The summed E-state index contributed by atoms with van der Waals surface area (Å²) in [6.45, 7) is 1.91. The lowest BCUT2D eigenvalue weighted by molar-refractivity contribution is -0.130. The lowest BCUT2D eigenvalue weighted by Gasteiger charge is -2.25. The van der Waals surface area contributed by atoms with Crippen molar-refractivity contribution in [2.45, 2.75) is 19.8 Å². The first-order valence-electron chi connectivity index (χ1n) is 6.06. The van der Waals surface area contributed by atoms with E-state index in [2.05, 4.69) is 4.98 Å². The molecule has 0 unspecified atom stereocenters. The summed E-state index contributed by atoms with van der Waals surface area (Å²) in [4.78, 5) is 29.6. The van der Waals surface area contributed by atoms with E-state index < -0.39 is 0 Å². The Kier molecular flexibility index (Phi) is 2.74. The molecular formula is C13H13N3O2S. The van der Waals surface area contributed by atoms with Gasteiger partial charge >= 0.3 is 0 Å². The monoisotopic (exact) mass is 275 g/mol. The van der Waals surface area contributed by atoms with Crippen LogP contribution in [0.25, 0.3) is 10.2 Å². The minimum Gasteiger partial charge on any atom is -0.399 e. The quantitative estimate of drug-likeness (QED) is 0.639.